The Balaban J connectivity index is 2.47. The van der Waals surface area contributed by atoms with Gasteiger partial charge in [0.05, 0.1) is 52.2 Å². The summed E-state index contributed by atoms with van der Waals surface area (Å²) in [5.41, 5.74) is 1.49. The SMILES string of the molecule is CCCC(C(=O)NC=O)N(C)Cc1c(C=O)cccc1NC(=O)CNCCOCCOCCOCCNC. The van der Waals surface area contributed by atoms with Crippen LogP contribution >= 0.6 is 0 Å². The summed E-state index contributed by atoms with van der Waals surface area (Å²) in [4.78, 5) is 49.0. The van der Waals surface area contributed by atoms with Crippen LogP contribution in [0, 0.1) is 0 Å². The number of aldehydes is 1. The number of carbonyl (C=O) groups is 4. The van der Waals surface area contributed by atoms with E-state index in [4.69, 9.17) is 14.2 Å². The van der Waals surface area contributed by atoms with E-state index >= 15 is 0 Å². The molecule has 1 unspecified atom stereocenters. The summed E-state index contributed by atoms with van der Waals surface area (Å²) in [5, 5.41) is 11.1. The summed E-state index contributed by atoms with van der Waals surface area (Å²) in [6.07, 6.45) is 2.34. The van der Waals surface area contributed by atoms with Crippen LogP contribution in [0.15, 0.2) is 18.2 Å². The number of ether oxygens (including phenoxy) is 3. The second-order valence-electron chi connectivity index (χ2n) is 8.50. The molecule has 0 fully saturated rings. The average Bonchev–Trinajstić information content (AvgIpc) is 2.90. The number of nitrogens with zero attached hydrogens (tertiary/aromatic N) is 1. The number of likely N-dealkylation sites (N-methyl/N-ethyl adjacent to an activating group) is 2. The third-order valence-corrected chi connectivity index (χ3v) is 5.57. The number of anilines is 1. The standard InChI is InChI=1S/C26H43N5O7/c1-4-6-24(26(35)29-20-33)31(3)18-22-21(19-32)7-5-8-23(22)30-25(34)17-28-10-12-37-14-16-38-15-13-36-11-9-27-2/h5,7-8,19-20,24,27-28H,4,6,9-18H2,1-3H3,(H,30,34)(H,29,33,35). The fourth-order valence-corrected chi connectivity index (χ4v) is 3.60. The smallest absolute Gasteiger partial charge is 0.243 e. The van der Waals surface area contributed by atoms with E-state index in [2.05, 4.69) is 21.3 Å². The van der Waals surface area contributed by atoms with Crippen LogP contribution in [-0.4, -0.2) is 109 Å². The van der Waals surface area contributed by atoms with Gasteiger partial charge in [-0.05, 0) is 26.6 Å². The van der Waals surface area contributed by atoms with Crippen LogP contribution in [0.2, 0.25) is 0 Å². The molecule has 214 valence electrons. The first-order chi connectivity index (χ1) is 18.5. The number of nitrogens with one attached hydrogen (secondary N) is 4. The Kier molecular flexibility index (Phi) is 18.6. The Morgan fingerprint density at radius 3 is 2.26 bits per heavy atom. The third-order valence-electron chi connectivity index (χ3n) is 5.57. The molecule has 0 aliphatic heterocycles. The lowest BCUT2D eigenvalue weighted by molar-refractivity contribution is -0.129. The lowest BCUT2D eigenvalue weighted by Gasteiger charge is -2.27. The normalized spacial score (nSPS) is 11.8. The Morgan fingerprint density at radius 2 is 1.66 bits per heavy atom. The van der Waals surface area contributed by atoms with Gasteiger partial charge in [-0.25, -0.2) is 0 Å². The summed E-state index contributed by atoms with van der Waals surface area (Å²) in [6, 6.07) is 4.49. The lowest BCUT2D eigenvalue weighted by atomic mass is 10.0. The molecule has 1 rings (SSSR count). The predicted molar refractivity (Wildman–Crippen MR) is 144 cm³/mol. The number of carbonyl (C=O) groups excluding carboxylic acids is 4. The van der Waals surface area contributed by atoms with Crippen LogP contribution in [0.5, 0.6) is 0 Å². The van der Waals surface area contributed by atoms with E-state index in [1.165, 1.54) is 0 Å². The van der Waals surface area contributed by atoms with Gasteiger partial charge in [-0.3, -0.25) is 29.4 Å². The van der Waals surface area contributed by atoms with Crippen molar-refractivity contribution in [3.05, 3.63) is 29.3 Å². The molecule has 0 spiro atoms. The van der Waals surface area contributed by atoms with Gasteiger partial charge in [-0.15, -0.1) is 0 Å². The van der Waals surface area contributed by atoms with E-state index in [0.29, 0.717) is 75.8 Å². The largest absolute Gasteiger partial charge is 0.378 e. The number of hydrogen-bond acceptors (Lipinski definition) is 10. The first-order valence-corrected chi connectivity index (χ1v) is 12.9. The molecule has 1 atom stereocenters. The highest BCUT2D eigenvalue weighted by molar-refractivity contribution is 5.94. The Bertz CT molecular complexity index is 840. The molecule has 0 bridgehead atoms. The molecule has 0 saturated heterocycles. The minimum Gasteiger partial charge on any atom is -0.378 e. The monoisotopic (exact) mass is 537 g/mol. The molecule has 0 saturated carbocycles. The molecule has 1 aromatic rings. The topological polar surface area (TPSA) is 147 Å². The Labute approximate surface area is 225 Å². The van der Waals surface area contributed by atoms with Gasteiger partial charge in [0.1, 0.15) is 6.29 Å². The van der Waals surface area contributed by atoms with Crippen molar-refractivity contribution in [2.24, 2.45) is 0 Å². The van der Waals surface area contributed by atoms with Gasteiger partial charge >= 0.3 is 0 Å². The van der Waals surface area contributed by atoms with Crippen LogP contribution < -0.4 is 21.3 Å². The number of rotatable bonds is 23. The molecular formula is C26H43N5O7. The maximum absolute atomic E-state index is 12.5. The van der Waals surface area contributed by atoms with Crippen molar-refractivity contribution < 1.29 is 33.4 Å². The first-order valence-electron chi connectivity index (χ1n) is 12.9. The van der Waals surface area contributed by atoms with E-state index < -0.39 is 11.9 Å². The van der Waals surface area contributed by atoms with E-state index in [-0.39, 0.29) is 19.0 Å². The zero-order chi connectivity index (χ0) is 28.0. The Morgan fingerprint density at radius 1 is 1.00 bits per heavy atom. The second kappa shape index (κ2) is 21.2. The maximum atomic E-state index is 12.5. The molecule has 4 N–H and O–H groups in total. The van der Waals surface area contributed by atoms with Crippen LogP contribution in [0.1, 0.15) is 35.7 Å². The van der Waals surface area contributed by atoms with Gasteiger partial charge in [0, 0.05) is 36.4 Å². The molecule has 0 aliphatic rings. The van der Waals surface area contributed by atoms with Crippen molar-refractivity contribution in [1.29, 1.82) is 0 Å². The average molecular weight is 538 g/mol. The van der Waals surface area contributed by atoms with Gasteiger partial charge in [0.2, 0.25) is 18.2 Å². The van der Waals surface area contributed by atoms with Crippen molar-refractivity contribution in [3.8, 4) is 0 Å². The quantitative estimate of drug-likeness (QED) is 0.112. The van der Waals surface area contributed by atoms with Gasteiger partial charge in [-0.2, -0.15) is 0 Å². The molecule has 12 heteroatoms. The van der Waals surface area contributed by atoms with Gasteiger partial charge in [0.25, 0.3) is 0 Å². The van der Waals surface area contributed by atoms with Crippen molar-refractivity contribution in [3.63, 3.8) is 0 Å². The van der Waals surface area contributed by atoms with E-state index in [1.54, 1.807) is 30.1 Å². The fraction of sp³-hybridized carbons (Fsp3) is 0.615. The number of imide groups is 1. The van der Waals surface area contributed by atoms with Gasteiger partial charge in [0.15, 0.2) is 0 Å². The minimum atomic E-state index is -0.558. The second-order valence-corrected chi connectivity index (χ2v) is 8.50. The van der Waals surface area contributed by atoms with Crippen LogP contribution in [0.4, 0.5) is 5.69 Å². The van der Waals surface area contributed by atoms with E-state index in [1.807, 2.05) is 14.0 Å². The van der Waals surface area contributed by atoms with Crippen LogP contribution in [0.25, 0.3) is 0 Å². The van der Waals surface area contributed by atoms with Crippen molar-refractivity contribution in [1.82, 2.24) is 20.9 Å². The molecule has 3 amide bonds. The lowest BCUT2D eigenvalue weighted by Crippen LogP contribution is -2.44. The summed E-state index contributed by atoms with van der Waals surface area (Å²) >= 11 is 0. The fourth-order valence-electron chi connectivity index (χ4n) is 3.60. The number of amides is 3. The summed E-state index contributed by atoms with van der Waals surface area (Å²) < 4.78 is 16.3. The Hall–Kier alpha value is -2.74. The van der Waals surface area contributed by atoms with Crippen LogP contribution in [-0.2, 0) is 35.1 Å². The van der Waals surface area contributed by atoms with E-state index in [0.717, 1.165) is 19.3 Å². The van der Waals surface area contributed by atoms with Crippen molar-refractivity contribution >= 4 is 30.2 Å². The molecule has 12 nitrogen and oxygen atoms in total. The minimum absolute atomic E-state index is 0.0601. The van der Waals surface area contributed by atoms with Crippen LogP contribution in [0.3, 0.4) is 0 Å². The highest BCUT2D eigenvalue weighted by Crippen LogP contribution is 2.22. The number of hydrogen-bond donors (Lipinski definition) is 4. The third kappa shape index (κ3) is 13.7. The molecule has 1 aromatic carbocycles. The molecule has 38 heavy (non-hydrogen) atoms. The van der Waals surface area contributed by atoms with Gasteiger partial charge in [-0.1, -0.05) is 25.5 Å². The predicted octanol–water partition coefficient (Wildman–Crippen LogP) is 0.170. The summed E-state index contributed by atoms with van der Waals surface area (Å²) in [7, 11) is 3.61. The first kappa shape index (κ1) is 33.3. The van der Waals surface area contributed by atoms with Crippen molar-refractivity contribution in [2.45, 2.75) is 32.4 Å². The van der Waals surface area contributed by atoms with E-state index in [9.17, 15) is 19.2 Å². The summed E-state index contributed by atoms with van der Waals surface area (Å²) in [6.45, 7) is 6.56. The maximum Gasteiger partial charge on any atom is 0.243 e. The number of benzene rings is 1. The molecule has 0 aliphatic carbocycles. The highest BCUT2D eigenvalue weighted by Gasteiger charge is 2.24. The zero-order valence-electron chi connectivity index (χ0n) is 22.8. The van der Waals surface area contributed by atoms with Crippen molar-refractivity contribution in [2.75, 3.05) is 78.7 Å². The van der Waals surface area contributed by atoms with Gasteiger partial charge < -0.3 is 30.2 Å². The molecule has 0 radical (unpaired) electrons. The zero-order valence-corrected chi connectivity index (χ0v) is 22.8. The summed E-state index contributed by atoms with van der Waals surface area (Å²) in [5.74, 6) is -0.687. The highest BCUT2D eigenvalue weighted by atomic mass is 16.5. The molecule has 0 aromatic heterocycles. The molecule has 0 heterocycles. The molecular weight excluding hydrogens is 494 g/mol.